The van der Waals surface area contributed by atoms with E-state index in [1.54, 1.807) is 0 Å². The summed E-state index contributed by atoms with van der Waals surface area (Å²) in [5.41, 5.74) is -1.96. The number of ether oxygens (including phenoxy) is 1. The maximum Gasteiger partial charge on any atom is 0.419 e. The first-order valence-corrected chi connectivity index (χ1v) is 11.4. The van der Waals surface area contributed by atoms with Crippen molar-refractivity contribution in [3.05, 3.63) is 47.6 Å². The molecule has 0 spiro atoms. The monoisotopic (exact) mass is 560 g/mol. The van der Waals surface area contributed by atoms with Gasteiger partial charge in [0.15, 0.2) is 17.3 Å². The molecule has 0 saturated carbocycles. The quantitative estimate of drug-likeness (QED) is 0.356. The largest absolute Gasteiger partial charge is 0.419 e. The van der Waals surface area contributed by atoms with Gasteiger partial charge in [0.05, 0.1) is 59.2 Å². The summed E-state index contributed by atoms with van der Waals surface area (Å²) in [6.45, 7) is -0.276. The summed E-state index contributed by atoms with van der Waals surface area (Å²) in [6, 6.07) is -1.14. The number of rotatable bonds is 6. The van der Waals surface area contributed by atoms with Crippen LogP contribution in [0.25, 0.3) is 11.4 Å². The van der Waals surface area contributed by atoms with E-state index in [4.69, 9.17) is 28.3 Å². The van der Waals surface area contributed by atoms with Gasteiger partial charge in [-0.25, -0.2) is 24.3 Å². The van der Waals surface area contributed by atoms with E-state index < -0.39 is 59.1 Å². The Hall–Kier alpha value is -3.63. The van der Waals surface area contributed by atoms with Crippen molar-refractivity contribution in [2.45, 2.75) is 36.5 Å². The fourth-order valence-electron chi connectivity index (χ4n) is 4.18. The minimum Gasteiger partial charge on any atom is -0.352 e. The zero-order valence-corrected chi connectivity index (χ0v) is 20.8. The predicted octanol–water partition coefficient (Wildman–Crippen LogP) is 1.38. The molecule has 0 bridgehead atoms. The van der Waals surface area contributed by atoms with Crippen molar-refractivity contribution in [2.24, 2.45) is 7.05 Å². The lowest BCUT2D eigenvalue weighted by atomic mass is 9.41. The molecule has 2 unspecified atom stereocenters. The highest BCUT2D eigenvalue weighted by molar-refractivity contribution is 6.59. The van der Waals surface area contributed by atoms with E-state index in [1.165, 1.54) is 14.0 Å². The Morgan fingerprint density at radius 3 is 2.27 bits per heavy atom. The average Bonchev–Trinajstić information content (AvgIpc) is 3.20. The van der Waals surface area contributed by atoms with Crippen LogP contribution >= 0.6 is 0 Å². The predicted molar refractivity (Wildman–Crippen MR) is 129 cm³/mol. The third-order valence-electron chi connectivity index (χ3n) is 5.87. The van der Waals surface area contributed by atoms with Gasteiger partial charge in [-0.3, -0.25) is 9.48 Å². The zero-order valence-electron chi connectivity index (χ0n) is 20.8. The fourth-order valence-corrected chi connectivity index (χ4v) is 4.18. The fraction of sp³-hybridized carbons (Fsp3) is 0.429. The summed E-state index contributed by atoms with van der Waals surface area (Å²) in [6.07, 6.45) is -7.07. The van der Waals surface area contributed by atoms with Gasteiger partial charge in [-0.05, 0) is 6.92 Å². The van der Waals surface area contributed by atoms with E-state index in [-0.39, 0.29) is 29.6 Å². The molecule has 1 aliphatic rings. The molecule has 1 amide bonds. The van der Waals surface area contributed by atoms with E-state index >= 15 is 0 Å². The Kier molecular flexibility index (Phi) is 7.64. The number of hydrogen-bond donors (Lipinski definition) is 1. The molecule has 6 radical (unpaired) electrons. The lowest BCUT2D eigenvalue weighted by Crippen LogP contribution is -2.61. The van der Waals surface area contributed by atoms with Crippen LogP contribution in [0.3, 0.4) is 0 Å². The SMILES string of the molecule is [B]C([B])([B])c1c(-c2ncc(F)cn2)c(C(=O)N2CC(F)(F)OC(C)C2CNc2ncc(C(F)(F)F)cn2)nn1C. The minimum atomic E-state index is -4.67. The summed E-state index contributed by atoms with van der Waals surface area (Å²) < 4.78 is 86.7. The summed E-state index contributed by atoms with van der Waals surface area (Å²) in [5, 5.41) is 4.59. The van der Waals surface area contributed by atoms with Crippen LogP contribution in [0.5, 0.6) is 0 Å². The number of amides is 1. The van der Waals surface area contributed by atoms with Crippen LogP contribution in [0.15, 0.2) is 24.8 Å². The van der Waals surface area contributed by atoms with Crippen molar-refractivity contribution in [3.63, 3.8) is 0 Å². The molecule has 204 valence electrons. The van der Waals surface area contributed by atoms with Gasteiger partial charge in [-0.2, -0.15) is 27.1 Å². The van der Waals surface area contributed by atoms with Gasteiger partial charge >= 0.3 is 12.3 Å². The van der Waals surface area contributed by atoms with Gasteiger partial charge in [0, 0.05) is 31.7 Å². The number of morpholine rings is 1. The Morgan fingerprint density at radius 1 is 1.12 bits per heavy atom. The van der Waals surface area contributed by atoms with Crippen molar-refractivity contribution in [3.8, 4) is 11.4 Å². The highest BCUT2D eigenvalue weighted by Gasteiger charge is 2.48. The first kappa shape index (κ1) is 29.4. The molecule has 19 heteroatoms. The number of aryl methyl sites for hydroxylation is 1. The third kappa shape index (κ3) is 6.08. The average molecular weight is 560 g/mol. The number of carbonyl (C=O) groups excluding carboxylic acids is 1. The number of aromatic nitrogens is 6. The standard InChI is InChI=1S/C21H17B3F6N8O2/c1-9-12(7-35-18-33-3-10(4-34-18)21(28,29)30)38(8-19(26,27)40-9)17(39)14-13(16-31-5-11(25)6-32-16)15(20(22,23)24)37(2)36-14/h3-6,9,12H,7-8H2,1-2H3,(H,33,34,35). The molecule has 1 fully saturated rings. The lowest BCUT2D eigenvalue weighted by molar-refractivity contribution is -0.298. The summed E-state index contributed by atoms with van der Waals surface area (Å²) in [5.74, 6) is -2.40. The van der Waals surface area contributed by atoms with Crippen LogP contribution in [0.4, 0.5) is 32.3 Å². The second kappa shape index (κ2) is 10.4. The first-order valence-electron chi connectivity index (χ1n) is 11.4. The molecule has 0 aromatic carbocycles. The van der Waals surface area contributed by atoms with E-state index in [0.717, 1.165) is 22.0 Å². The molecule has 40 heavy (non-hydrogen) atoms. The van der Waals surface area contributed by atoms with Crippen LogP contribution in [0, 0.1) is 5.82 Å². The highest BCUT2D eigenvalue weighted by Crippen LogP contribution is 2.34. The minimum absolute atomic E-state index is 0.164. The zero-order chi connectivity index (χ0) is 29.6. The van der Waals surface area contributed by atoms with E-state index in [0.29, 0.717) is 12.4 Å². The number of alkyl halides is 5. The van der Waals surface area contributed by atoms with Crippen molar-refractivity contribution in [2.75, 3.05) is 18.4 Å². The molecule has 0 aliphatic carbocycles. The van der Waals surface area contributed by atoms with Gasteiger partial charge in [0.1, 0.15) is 6.54 Å². The number of nitrogens with zero attached hydrogens (tertiary/aromatic N) is 7. The van der Waals surface area contributed by atoms with Gasteiger partial charge < -0.3 is 15.0 Å². The summed E-state index contributed by atoms with van der Waals surface area (Å²) >= 11 is 0. The molecular formula is C21H17B3F6N8O2. The molecule has 4 heterocycles. The van der Waals surface area contributed by atoms with Crippen LogP contribution in [-0.4, -0.2) is 95.4 Å². The van der Waals surface area contributed by atoms with Gasteiger partial charge in [-0.15, -0.1) is 0 Å². The molecule has 1 N–H and O–H groups in total. The van der Waals surface area contributed by atoms with Gasteiger partial charge in [0.2, 0.25) is 5.95 Å². The maximum atomic E-state index is 14.5. The maximum absolute atomic E-state index is 14.5. The van der Waals surface area contributed by atoms with Crippen LogP contribution < -0.4 is 5.32 Å². The lowest BCUT2D eigenvalue weighted by Gasteiger charge is -2.43. The number of nitrogens with one attached hydrogen (secondary N) is 1. The number of halogens is 6. The van der Waals surface area contributed by atoms with E-state index in [2.05, 4.69) is 30.4 Å². The molecule has 1 saturated heterocycles. The molecule has 4 rings (SSSR count). The van der Waals surface area contributed by atoms with Gasteiger partial charge in [-0.1, -0.05) is 5.11 Å². The van der Waals surface area contributed by atoms with E-state index in [9.17, 15) is 31.1 Å². The summed E-state index contributed by atoms with van der Waals surface area (Å²) in [7, 11) is 18.9. The first-order chi connectivity index (χ1) is 18.5. The highest BCUT2D eigenvalue weighted by atomic mass is 19.4. The molecule has 3 aromatic heterocycles. The molecule has 2 atom stereocenters. The second-order valence-corrected chi connectivity index (χ2v) is 8.99. The Morgan fingerprint density at radius 2 is 1.73 bits per heavy atom. The van der Waals surface area contributed by atoms with Crippen molar-refractivity contribution >= 4 is 35.4 Å². The molecular weight excluding hydrogens is 543 g/mol. The topological polar surface area (TPSA) is 111 Å². The molecule has 10 nitrogen and oxygen atoms in total. The normalized spacial score (nSPS) is 19.4. The van der Waals surface area contributed by atoms with Crippen LogP contribution in [0.2, 0.25) is 0 Å². The van der Waals surface area contributed by atoms with Crippen molar-refractivity contribution < 1.29 is 35.9 Å². The number of anilines is 1. The summed E-state index contributed by atoms with van der Waals surface area (Å²) in [4.78, 5) is 29.3. The van der Waals surface area contributed by atoms with Gasteiger partial charge in [0.25, 0.3) is 5.91 Å². The molecule has 3 aromatic rings. The smallest absolute Gasteiger partial charge is 0.352 e. The Labute approximate surface area is 227 Å². The van der Waals surface area contributed by atoms with Crippen LogP contribution in [0.1, 0.15) is 28.7 Å². The Bertz CT molecular complexity index is 1380. The van der Waals surface area contributed by atoms with E-state index in [1.807, 2.05) is 0 Å². The van der Waals surface area contributed by atoms with Crippen LogP contribution in [-0.2, 0) is 23.1 Å². The third-order valence-corrected chi connectivity index (χ3v) is 5.87. The number of hydrogen-bond acceptors (Lipinski definition) is 8. The van der Waals surface area contributed by atoms with Crippen molar-refractivity contribution in [1.82, 2.24) is 34.6 Å². The number of carbonyl (C=O) groups is 1. The molecule has 1 aliphatic heterocycles. The second-order valence-electron chi connectivity index (χ2n) is 8.99. The van der Waals surface area contributed by atoms with Crippen molar-refractivity contribution in [1.29, 1.82) is 0 Å². The Balaban J connectivity index is 1.71.